The van der Waals surface area contributed by atoms with E-state index in [1.165, 1.54) is 0 Å². The molecule has 9 heteroatoms. The van der Waals surface area contributed by atoms with Gasteiger partial charge in [0.1, 0.15) is 6.61 Å². The number of benzene rings is 3. The normalized spacial score (nSPS) is 14.7. The first-order valence-corrected chi connectivity index (χ1v) is 13.0. The van der Waals surface area contributed by atoms with Crippen molar-refractivity contribution in [2.75, 3.05) is 11.5 Å². The van der Waals surface area contributed by atoms with E-state index in [9.17, 15) is 9.59 Å². The lowest BCUT2D eigenvalue weighted by atomic mass is 10.1. The lowest BCUT2D eigenvalue weighted by Crippen LogP contribution is -2.27. The van der Waals surface area contributed by atoms with Gasteiger partial charge in [-0.15, -0.1) is 0 Å². The lowest BCUT2D eigenvalue weighted by molar-refractivity contribution is -0.113. The number of carbonyl (C=O) groups excluding carboxylic acids is 2. The number of thioether (sulfide) groups is 1. The van der Waals surface area contributed by atoms with Gasteiger partial charge in [0.15, 0.2) is 11.5 Å². The molecule has 0 atom stereocenters. The first kappa shape index (κ1) is 24.9. The van der Waals surface area contributed by atoms with Gasteiger partial charge in [0.2, 0.25) is 0 Å². The number of nitrogens with zero attached hydrogens (tertiary/aromatic N) is 1. The number of imide groups is 1. The Labute approximate surface area is 223 Å². The van der Waals surface area contributed by atoms with Crippen LogP contribution in [0.1, 0.15) is 18.1 Å². The van der Waals surface area contributed by atoms with Crippen molar-refractivity contribution in [2.24, 2.45) is 0 Å². The zero-order valence-corrected chi connectivity index (χ0v) is 22.6. The molecule has 3 aromatic carbocycles. The summed E-state index contributed by atoms with van der Waals surface area (Å²) in [4.78, 5) is 27.0. The molecule has 1 aliphatic heterocycles. The third kappa shape index (κ3) is 5.68. The molecule has 1 aliphatic rings. The predicted octanol–water partition coefficient (Wildman–Crippen LogP) is 8.08. The van der Waals surface area contributed by atoms with Crippen LogP contribution in [-0.4, -0.2) is 17.8 Å². The van der Waals surface area contributed by atoms with Gasteiger partial charge in [-0.2, -0.15) is 0 Å². The van der Waals surface area contributed by atoms with Crippen LogP contribution in [0, 0.1) is 0 Å². The summed E-state index contributed by atoms with van der Waals surface area (Å²) in [5.74, 6) is 0.710. The fourth-order valence-corrected chi connectivity index (χ4v) is 4.95. The van der Waals surface area contributed by atoms with Crippen LogP contribution in [0.5, 0.6) is 11.5 Å². The largest absolute Gasteiger partial charge is 0.490 e. The zero-order chi connectivity index (χ0) is 24.2. The predicted molar refractivity (Wildman–Crippen MR) is 144 cm³/mol. The summed E-state index contributed by atoms with van der Waals surface area (Å²) in [5, 5.41) is 0.0671. The molecule has 174 valence electrons. The van der Waals surface area contributed by atoms with Crippen molar-refractivity contribution >= 4 is 78.1 Å². The van der Waals surface area contributed by atoms with Crippen LogP contribution >= 0.6 is 55.2 Å². The minimum absolute atomic E-state index is 0.302. The van der Waals surface area contributed by atoms with E-state index in [1.54, 1.807) is 42.5 Å². The minimum atomic E-state index is -0.405. The Balaban J connectivity index is 1.60. The molecule has 3 aromatic rings. The van der Waals surface area contributed by atoms with Gasteiger partial charge in [-0.1, -0.05) is 61.7 Å². The Morgan fingerprint density at radius 1 is 1.00 bits per heavy atom. The van der Waals surface area contributed by atoms with Crippen LogP contribution in [0.4, 0.5) is 10.5 Å². The van der Waals surface area contributed by atoms with E-state index in [0.717, 1.165) is 26.7 Å². The van der Waals surface area contributed by atoms with E-state index >= 15 is 0 Å². The molecule has 0 aliphatic carbocycles. The summed E-state index contributed by atoms with van der Waals surface area (Å²) in [7, 11) is 0. The molecule has 2 amide bonds. The van der Waals surface area contributed by atoms with Crippen molar-refractivity contribution in [2.45, 2.75) is 13.5 Å². The second-order valence-corrected chi connectivity index (χ2v) is 10.4. The second kappa shape index (κ2) is 11.0. The van der Waals surface area contributed by atoms with Crippen molar-refractivity contribution in [1.82, 2.24) is 0 Å². The Hall–Kier alpha value is -2.26. The Morgan fingerprint density at radius 3 is 2.44 bits per heavy atom. The molecule has 1 heterocycles. The average molecular weight is 624 g/mol. The molecule has 0 aromatic heterocycles. The molecule has 0 N–H and O–H groups in total. The van der Waals surface area contributed by atoms with Crippen LogP contribution < -0.4 is 14.4 Å². The average Bonchev–Trinajstić information content (AvgIpc) is 3.08. The standard InChI is InChI=1S/C25H18Br2ClNO4S/c1-2-32-21-10-16(20(27)13-22(21)33-14-15-6-8-17(26)9-7-15)11-23-24(30)29(25(31)34-23)19-5-3-4-18(28)12-19/h3-13H,2,14H2,1H3/b23-11+. The van der Waals surface area contributed by atoms with Crippen LogP contribution in [-0.2, 0) is 11.4 Å². The van der Waals surface area contributed by atoms with Crippen LogP contribution in [0.25, 0.3) is 6.08 Å². The van der Waals surface area contributed by atoms with E-state index in [1.807, 2.05) is 31.2 Å². The monoisotopic (exact) mass is 621 g/mol. The molecule has 0 spiro atoms. The SMILES string of the molecule is CCOc1cc(/C=C2/SC(=O)N(c3cccc(Cl)c3)C2=O)c(Br)cc1OCc1ccc(Br)cc1. The Kier molecular flexibility index (Phi) is 8.03. The smallest absolute Gasteiger partial charge is 0.298 e. The molecule has 0 bridgehead atoms. The second-order valence-electron chi connectivity index (χ2n) is 7.17. The fourth-order valence-electron chi connectivity index (χ4n) is 3.23. The number of carbonyl (C=O) groups is 2. The third-order valence-corrected chi connectivity index (χ3v) is 7.14. The number of rotatable bonds is 7. The van der Waals surface area contributed by atoms with Crippen molar-refractivity contribution in [3.8, 4) is 11.5 Å². The number of amides is 2. The summed E-state index contributed by atoms with van der Waals surface area (Å²) >= 11 is 13.9. The van der Waals surface area contributed by atoms with Crippen LogP contribution in [0.3, 0.4) is 0 Å². The highest BCUT2D eigenvalue weighted by Crippen LogP contribution is 2.40. The van der Waals surface area contributed by atoms with E-state index in [-0.39, 0.29) is 5.24 Å². The topological polar surface area (TPSA) is 55.8 Å². The molecule has 0 unspecified atom stereocenters. The summed E-state index contributed by atoms with van der Waals surface area (Å²) in [5.41, 5.74) is 2.14. The molecule has 4 rings (SSSR count). The van der Waals surface area contributed by atoms with Crippen molar-refractivity contribution in [3.63, 3.8) is 0 Å². The first-order valence-electron chi connectivity index (χ1n) is 10.2. The molecule has 1 fully saturated rings. The quantitative estimate of drug-likeness (QED) is 0.249. The van der Waals surface area contributed by atoms with Gasteiger partial charge in [-0.25, -0.2) is 4.90 Å². The Morgan fingerprint density at radius 2 is 1.74 bits per heavy atom. The summed E-state index contributed by atoms with van der Waals surface area (Å²) in [6.07, 6.45) is 1.67. The van der Waals surface area contributed by atoms with Crippen molar-refractivity contribution < 1.29 is 19.1 Å². The van der Waals surface area contributed by atoms with Crippen molar-refractivity contribution in [3.05, 3.63) is 90.7 Å². The van der Waals surface area contributed by atoms with Gasteiger partial charge in [-0.3, -0.25) is 9.59 Å². The fraction of sp³-hybridized carbons (Fsp3) is 0.120. The summed E-state index contributed by atoms with van der Waals surface area (Å²) in [6.45, 7) is 2.70. The van der Waals surface area contributed by atoms with Crippen LogP contribution in [0.15, 0.2) is 74.5 Å². The maximum atomic E-state index is 13.0. The lowest BCUT2D eigenvalue weighted by Gasteiger charge is -2.14. The number of hydrogen-bond acceptors (Lipinski definition) is 5. The highest BCUT2D eigenvalue weighted by molar-refractivity contribution is 9.10. The zero-order valence-electron chi connectivity index (χ0n) is 17.9. The number of halogens is 3. The number of anilines is 1. The van der Waals surface area contributed by atoms with Gasteiger partial charge in [-0.05, 0) is 78.4 Å². The summed E-state index contributed by atoms with van der Waals surface area (Å²) in [6, 6.07) is 18.1. The van der Waals surface area contributed by atoms with Crippen molar-refractivity contribution in [1.29, 1.82) is 0 Å². The van der Waals surface area contributed by atoms with Gasteiger partial charge in [0, 0.05) is 14.0 Å². The number of ether oxygens (including phenoxy) is 2. The van der Waals surface area contributed by atoms with Crippen LogP contribution in [0.2, 0.25) is 5.02 Å². The van der Waals surface area contributed by atoms with E-state index in [4.69, 9.17) is 21.1 Å². The highest BCUT2D eigenvalue weighted by Gasteiger charge is 2.36. The molecule has 34 heavy (non-hydrogen) atoms. The van der Waals surface area contributed by atoms with E-state index in [0.29, 0.717) is 50.4 Å². The van der Waals surface area contributed by atoms with Gasteiger partial charge in [0.25, 0.3) is 11.1 Å². The molecule has 1 saturated heterocycles. The minimum Gasteiger partial charge on any atom is -0.490 e. The van der Waals surface area contributed by atoms with Gasteiger partial charge >= 0.3 is 0 Å². The maximum absolute atomic E-state index is 13.0. The summed E-state index contributed by atoms with van der Waals surface area (Å²) < 4.78 is 13.5. The molecular formula is C25H18Br2ClNO4S. The molecule has 0 radical (unpaired) electrons. The van der Waals surface area contributed by atoms with Gasteiger partial charge in [0.05, 0.1) is 17.2 Å². The van der Waals surface area contributed by atoms with E-state index in [2.05, 4.69) is 31.9 Å². The number of hydrogen-bond donors (Lipinski definition) is 0. The molecule has 5 nitrogen and oxygen atoms in total. The molecule has 0 saturated carbocycles. The Bertz CT molecular complexity index is 1280. The van der Waals surface area contributed by atoms with Gasteiger partial charge < -0.3 is 9.47 Å². The third-order valence-electron chi connectivity index (χ3n) is 4.82. The maximum Gasteiger partial charge on any atom is 0.298 e. The highest BCUT2D eigenvalue weighted by atomic mass is 79.9. The van der Waals surface area contributed by atoms with E-state index < -0.39 is 5.91 Å². The molecular weight excluding hydrogens is 606 g/mol. The first-order chi connectivity index (χ1) is 16.4.